The number of carbonyl (C=O) groups is 1. The highest BCUT2D eigenvalue weighted by Crippen LogP contribution is 2.21. The Hall–Kier alpha value is -1.87. The number of hydrogen-bond acceptors (Lipinski definition) is 4. The molecule has 2 fully saturated rings. The van der Waals surface area contributed by atoms with E-state index in [-0.39, 0.29) is 24.5 Å². The maximum absolute atomic E-state index is 12.4. The molecule has 2 aliphatic rings. The Morgan fingerprint density at radius 1 is 1.26 bits per heavy atom. The number of hydrogen-bond donors (Lipinski definition) is 1. The average Bonchev–Trinajstić information content (AvgIpc) is 2.73. The van der Waals surface area contributed by atoms with Crippen LogP contribution in [-0.2, 0) is 16.1 Å². The fourth-order valence-corrected chi connectivity index (χ4v) is 3.21. The van der Waals surface area contributed by atoms with E-state index < -0.39 is 0 Å². The second-order valence-electron chi connectivity index (χ2n) is 6.19. The van der Waals surface area contributed by atoms with Crippen LogP contribution >= 0.6 is 0 Å². The molecule has 0 radical (unpaired) electrons. The minimum atomic E-state index is -0.123. The van der Waals surface area contributed by atoms with Crippen LogP contribution in [0.5, 0.6) is 0 Å². The van der Waals surface area contributed by atoms with Gasteiger partial charge in [0.05, 0.1) is 25.2 Å². The molecule has 0 saturated carbocycles. The molecule has 1 amide bonds. The van der Waals surface area contributed by atoms with Crippen LogP contribution in [0, 0.1) is 17.8 Å². The van der Waals surface area contributed by atoms with Crippen LogP contribution in [0.2, 0.25) is 0 Å². The standard InChI is InChI=1S/C18H22N2O3/c1-19-17-11-20(10-16(18(19)22)12-23-13-17)9-15-6-4-14(5-7-15)3-2-8-21/h4-7,16-17,21H,8-13H2,1H3/t16-,17+/m1/s1. The Labute approximate surface area is 136 Å². The third kappa shape index (κ3) is 3.73. The van der Waals surface area contributed by atoms with Crippen molar-refractivity contribution in [3.05, 3.63) is 35.4 Å². The van der Waals surface area contributed by atoms with Gasteiger partial charge < -0.3 is 14.7 Å². The van der Waals surface area contributed by atoms with Gasteiger partial charge in [0.2, 0.25) is 5.91 Å². The van der Waals surface area contributed by atoms with Crippen molar-refractivity contribution >= 4 is 5.91 Å². The first-order valence-electron chi connectivity index (χ1n) is 7.93. The van der Waals surface area contributed by atoms with Crippen molar-refractivity contribution in [2.45, 2.75) is 12.6 Å². The van der Waals surface area contributed by atoms with E-state index in [1.165, 1.54) is 5.56 Å². The van der Waals surface area contributed by atoms with Crippen LogP contribution in [0.4, 0.5) is 0 Å². The summed E-state index contributed by atoms with van der Waals surface area (Å²) in [6.07, 6.45) is 0. The molecule has 1 aromatic carbocycles. The molecule has 0 aromatic heterocycles. The lowest BCUT2D eigenvalue weighted by Crippen LogP contribution is -2.42. The number of rotatable bonds is 2. The largest absolute Gasteiger partial charge is 0.384 e. The highest BCUT2D eigenvalue weighted by atomic mass is 16.5. The predicted molar refractivity (Wildman–Crippen MR) is 86.5 cm³/mol. The molecule has 0 aliphatic carbocycles. The Kier molecular flexibility index (Phi) is 4.97. The maximum atomic E-state index is 12.4. The lowest BCUT2D eigenvalue weighted by Gasteiger charge is -2.29. The van der Waals surface area contributed by atoms with Gasteiger partial charge >= 0.3 is 0 Å². The van der Waals surface area contributed by atoms with Crippen molar-refractivity contribution in [2.24, 2.45) is 5.92 Å². The van der Waals surface area contributed by atoms with E-state index in [0.29, 0.717) is 13.2 Å². The first-order chi connectivity index (χ1) is 11.2. The molecule has 2 bridgehead atoms. The topological polar surface area (TPSA) is 53.0 Å². The maximum Gasteiger partial charge on any atom is 0.229 e. The van der Waals surface area contributed by atoms with Crippen molar-refractivity contribution in [1.82, 2.24) is 9.80 Å². The zero-order valence-corrected chi connectivity index (χ0v) is 13.4. The molecule has 2 heterocycles. The van der Waals surface area contributed by atoms with Crippen LogP contribution in [0.25, 0.3) is 0 Å². The van der Waals surface area contributed by atoms with E-state index in [9.17, 15) is 4.79 Å². The van der Waals surface area contributed by atoms with E-state index in [1.807, 2.05) is 24.1 Å². The molecule has 2 aliphatic heterocycles. The number of amides is 1. The van der Waals surface area contributed by atoms with Gasteiger partial charge in [-0.1, -0.05) is 24.0 Å². The van der Waals surface area contributed by atoms with E-state index in [0.717, 1.165) is 25.2 Å². The summed E-state index contributed by atoms with van der Waals surface area (Å²) in [6, 6.07) is 8.19. The molecule has 2 atom stereocenters. The Morgan fingerprint density at radius 2 is 2.04 bits per heavy atom. The Bertz CT molecular complexity index is 617. The van der Waals surface area contributed by atoms with Gasteiger partial charge in [0.1, 0.15) is 6.61 Å². The molecule has 2 saturated heterocycles. The number of aliphatic hydroxyl groups excluding tert-OH is 1. The second-order valence-corrected chi connectivity index (χ2v) is 6.19. The van der Waals surface area contributed by atoms with Gasteiger partial charge in [0.25, 0.3) is 0 Å². The van der Waals surface area contributed by atoms with Gasteiger partial charge in [0.15, 0.2) is 0 Å². The lowest BCUT2D eigenvalue weighted by molar-refractivity contribution is -0.133. The highest BCUT2D eigenvalue weighted by Gasteiger charge is 2.37. The number of fused-ring (bicyclic) bond motifs is 3. The second kappa shape index (κ2) is 7.14. The molecule has 23 heavy (non-hydrogen) atoms. The zero-order chi connectivity index (χ0) is 16.2. The third-order valence-corrected chi connectivity index (χ3v) is 4.49. The van der Waals surface area contributed by atoms with Gasteiger partial charge in [-0.2, -0.15) is 0 Å². The number of ether oxygens (including phenoxy) is 1. The number of likely N-dealkylation sites (N-methyl/N-ethyl adjacent to an activating group) is 1. The third-order valence-electron chi connectivity index (χ3n) is 4.49. The summed E-state index contributed by atoms with van der Waals surface area (Å²) in [5.41, 5.74) is 2.11. The first kappa shape index (κ1) is 16.0. The first-order valence-corrected chi connectivity index (χ1v) is 7.93. The summed E-state index contributed by atoms with van der Waals surface area (Å²) in [5, 5.41) is 8.72. The number of carbonyl (C=O) groups excluding carboxylic acids is 1. The van der Waals surface area contributed by atoms with Crippen LogP contribution in [-0.4, -0.2) is 66.8 Å². The number of benzene rings is 1. The normalized spacial score (nSPS) is 24.8. The molecular weight excluding hydrogens is 292 g/mol. The van der Waals surface area contributed by atoms with Gasteiger partial charge in [-0.3, -0.25) is 9.69 Å². The summed E-state index contributed by atoms with van der Waals surface area (Å²) < 4.78 is 5.63. The van der Waals surface area contributed by atoms with E-state index in [4.69, 9.17) is 9.84 Å². The summed E-state index contributed by atoms with van der Waals surface area (Å²) >= 11 is 0. The van der Waals surface area contributed by atoms with Gasteiger partial charge in [-0.05, 0) is 17.7 Å². The highest BCUT2D eigenvalue weighted by molar-refractivity contribution is 5.79. The molecule has 3 rings (SSSR count). The van der Waals surface area contributed by atoms with Gasteiger partial charge in [-0.25, -0.2) is 0 Å². The molecule has 5 heteroatoms. The van der Waals surface area contributed by atoms with Crippen LogP contribution in [0.1, 0.15) is 11.1 Å². The number of aliphatic hydroxyl groups is 1. The monoisotopic (exact) mass is 314 g/mol. The Balaban J connectivity index is 1.69. The molecule has 5 nitrogen and oxygen atoms in total. The van der Waals surface area contributed by atoms with Crippen molar-refractivity contribution < 1.29 is 14.6 Å². The van der Waals surface area contributed by atoms with Crippen molar-refractivity contribution in [1.29, 1.82) is 0 Å². The van der Waals surface area contributed by atoms with Gasteiger partial charge in [0, 0.05) is 32.2 Å². The minimum absolute atomic E-state index is 0.0674. The van der Waals surface area contributed by atoms with Gasteiger partial charge in [-0.15, -0.1) is 0 Å². The predicted octanol–water partition coefficient (Wildman–Crippen LogP) is 0.319. The van der Waals surface area contributed by atoms with E-state index in [2.05, 4.69) is 28.9 Å². The fraction of sp³-hybridized carbons (Fsp3) is 0.500. The SMILES string of the molecule is CN1C(=O)[C@H]2COC[C@@H]1CN(Cc1ccc(C#CCO)cc1)C2. The van der Waals surface area contributed by atoms with Crippen molar-refractivity contribution in [3.63, 3.8) is 0 Å². The summed E-state index contributed by atoms with van der Waals surface area (Å²) in [7, 11) is 1.88. The molecule has 1 N–H and O–H groups in total. The summed E-state index contributed by atoms with van der Waals surface area (Å²) in [5.74, 6) is 5.68. The zero-order valence-electron chi connectivity index (χ0n) is 13.4. The molecule has 122 valence electrons. The molecular formula is C18H22N2O3. The number of nitrogens with zero attached hydrogens (tertiary/aromatic N) is 2. The van der Waals surface area contributed by atoms with Crippen LogP contribution in [0.3, 0.4) is 0 Å². The van der Waals surface area contributed by atoms with Crippen LogP contribution < -0.4 is 0 Å². The van der Waals surface area contributed by atoms with E-state index in [1.54, 1.807) is 0 Å². The lowest BCUT2D eigenvalue weighted by atomic mass is 10.1. The van der Waals surface area contributed by atoms with Crippen LogP contribution in [0.15, 0.2) is 24.3 Å². The molecule has 0 spiro atoms. The minimum Gasteiger partial charge on any atom is -0.384 e. The summed E-state index contributed by atoms with van der Waals surface area (Å²) in [6.45, 7) is 3.41. The smallest absolute Gasteiger partial charge is 0.229 e. The van der Waals surface area contributed by atoms with Crippen molar-refractivity contribution in [2.75, 3.05) is 40.0 Å². The molecule has 1 aromatic rings. The summed E-state index contributed by atoms with van der Waals surface area (Å²) in [4.78, 5) is 16.5. The fourth-order valence-electron chi connectivity index (χ4n) is 3.21. The molecule has 0 unspecified atom stereocenters. The van der Waals surface area contributed by atoms with E-state index >= 15 is 0 Å². The Morgan fingerprint density at radius 3 is 2.78 bits per heavy atom. The van der Waals surface area contributed by atoms with Crippen molar-refractivity contribution in [3.8, 4) is 11.8 Å². The average molecular weight is 314 g/mol. The quantitative estimate of drug-likeness (QED) is 0.799.